The molecule has 0 aromatic rings. The normalized spacial score (nSPS) is 36.6. The molecule has 8 unspecified atom stereocenters. The Hall–Kier alpha value is -6.41. The maximum atomic E-state index is 12.0. The average molecular weight is 1380 g/mol. The molecule has 17 fully saturated rings. The van der Waals surface area contributed by atoms with E-state index in [0.717, 1.165) is 87.9 Å². The molecule has 2 aliphatic heterocycles. The fourth-order valence-corrected chi connectivity index (χ4v) is 20.3. The van der Waals surface area contributed by atoms with Crippen molar-refractivity contribution < 1.29 is 95.6 Å². The number of hydrogen-bond acceptors (Lipinski definition) is 20. The molecule has 0 aromatic carbocycles. The molecule has 17 rings (SSSR count). The molecule has 20 heteroatoms. The van der Waals surface area contributed by atoms with Crippen LogP contribution < -0.4 is 0 Å². The molecular weight excluding hydrogens is 1270 g/mol. The van der Waals surface area contributed by atoms with Crippen LogP contribution in [0.15, 0.2) is 72.9 Å². The van der Waals surface area contributed by atoms with Crippen LogP contribution in [0.1, 0.15) is 222 Å². The molecular formula is C79H112O20. The van der Waals surface area contributed by atoms with Gasteiger partial charge in [0.25, 0.3) is 0 Å². The van der Waals surface area contributed by atoms with E-state index in [2.05, 4.69) is 58.1 Å². The molecule has 1 N–H and O–H groups in total. The number of rotatable bonds is 18. The number of carbonyl (C=O) groups is 9. The molecule has 17 aliphatic rings. The fraction of sp³-hybridized carbons (Fsp3) is 0.734. The Labute approximate surface area is 585 Å². The summed E-state index contributed by atoms with van der Waals surface area (Å²) in [7, 11) is 0. The van der Waals surface area contributed by atoms with Gasteiger partial charge in [-0.25, -0.2) is 38.4 Å². The van der Waals surface area contributed by atoms with Crippen molar-refractivity contribution in [2.24, 2.45) is 76.9 Å². The van der Waals surface area contributed by atoms with Crippen LogP contribution in [0.2, 0.25) is 0 Å². The number of fused-ring (bicyclic) bond motifs is 1. The summed E-state index contributed by atoms with van der Waals surface area (Å²) in [5, 5.41) is 10.5. The van der Waals surface area contributed by atoms with Crippen molar-refractivity contribution >= 4 is 53.7 Å². The predicted molar refractivity (Wildman–Crippen MR) is 364 cm³/mol. The Kier molecular flexibility index (Phi) is 25.0. The largest absolute Gasteiger partial charge is 0.463 e. The Bertz CT molecular complexity index is 3050. The van der Waals surface area contributed by atoms with E-state index < -0.39 is 53.9 Å². The van der Waals surface area contributed by atoms with Crippen LogP contribution in [-0.4, -0.2) is 126 Å². The van der Waals surface area contributed by atoms with Crippen LogP contribution in [-0.2, 0) is 90.5 Å². The minimum atomic E-state index is -0.728. The van der Waals surface area contributed by atoms with Gasteiger partial charge in [0.05, 0.1) is 24.2 Å². The summed E-state index contributed by atoms with van der Waals surface area (Å²) in [5.74, 6) is 4.34. The Balaban J connectivity index is 0.000000140. The highest BCUT2D eigenvalue weighted by Gasteiger charge is 2.64. The molecule has 0 spiro atoms. The van der Waals surface area contributed by atoms with Gasteiger partial charge in [-0.3, -0.25) is 4.79 Å². The molecule has 0 radical (unpaired) electrons. The molecule has 99 heavy (non-hydrogen) atoms. The summed E-state index contributed by atoms with van der Waals surface area (Å²) in [6.45, 7) is 35.4. The van der Waals surface area contributed by atoms with E-state index in [1.165, 1.54) is 104 Å². The summed E-state index contributed by atoms with van der Waals surface area (Å²) in [6.07, 6.45) is 27.3. The minimum absolute atomic E-state index is 0.0128. The number of hydrogen-bond donors (Lipinski definition) is 1. The molecule has 2 saturated heterocycles. The van der Waals surface area contributed by atoms with Crippen molar-refractivity contribution in [3.63, 3.8) is 0 Å². The molecule has 8 atom stereocenters. The molecule has 548 valence electrons. The zero-order valence-corrected chi connectivity index (χ0v) is 60.3. The van der Waals surface area contributed by atoms with Gasteiger partial charge in [-0.1, -0.05) is 59.7 Å². The first-order valence-electron chi connectivity index (χ1n) is 36.8. The summed E-state index contributed by atoms with van der Waals surface area (Å²) < 4.78 is 52.8. The highest BCUT2D eigenvalue weighted by molar-refractivity contribution is 5.91. The highest BCUT2D eigenvalue weighted by Crippen LogP contribution is 2.62. The van der Waals surface area contributed by atoms with Gasteiger partial charge in [-0.15, -0.1) is 0 Å². The molecule has 0 amide bonds. The van der Waals surface area contributed by atoms with E-state index in [1.54, 1.807) is 27.7 Å². The highest BCUT2D eigenvalue weighted by atomic mass is 16.7. The van der Waals surface area contributed by atoms with E-state index in [1.807, 2.05) is 0 Å². The van der Waals surface area contributed by atoms with E-state index in [0.29, 0.717) is 83.4 Å². The number of ether oxygens (including phenoxy) is 10. The van der Waals surface area contributed by atoms with Crippen LogP contribution in [0.5, 0.6) is 0 Å². The van der Waals surface area contributed by atoms with Crippen molar-refractivity contribution in [3.05, 3.63) is 72.9 Å². The monoisotopic (exact) mass is 1380 g/mol. The third-order valence-corrected chi connectivity index (χ3v) is 24.2. The van der Waals surface area contributed by atoms with Crippen LogP contribution in [0.3, 0.4) is 0 Å². The fourth-order valence-electron chi connectivity index (χ4n) is 20.3. The number of carbonyl (C=O) groups excluding carboxylic acids is 9. The van der Waals surface area contributed by atoms with Crippen LogP contribution in [0, 0.1) is 76.9 Å². The number of esters is 9. The van der Waals surface area contributed by atoms with E-state index in [-0.39, 0.29) is 82.8 Å². The van der Waals surface area contributed by atoms with Gasteiger partial charge in [0.1, 0.15) is 29.0 Å². The number of cyclic esters (lactones) is 1. The lowest BCUT2D eigenvalue weighted by Crippen LogP contribution is -2.60. The summed E-state index contributed by atoms with van der Waals surface area (Å²) in [5.41, 5.74) is 1.13. The van der Waals surface area contributed by atoms with Gasteiger partial charge >= 0.3 is 53.7 Å². The van der Waals surface area contributed by atoms with E-state index in [9.17, 15) is 48.3 Å². The quantitative estimate of drug-likeness (QED) is 0.0578. The molecule has 15 saturated carbocycles. The van der Waals surface area contributed by atoms with Gasteiger partial charge in [0, 0.05) is 58.1 Å². The standard InChI is InChI=1S/C16H24O2.C15H22O3.C14H16O6.C14H20O3.C12H20O2.C8H10O4/c1-4-16(18-15(17)10(2)3)13-6-11-5-12(8-13)9-14(16)7-11;1-9(2)15(16)18-8-17-14-12-4-10-3-11(6-12)7-13(14)5-10;1-6(2)13(16)18-5-10(15)19-11-7-3-8-9(4-7)14(17)20-12(8)11;1-9(2)12(15)17-14-6-10-3-11(7-14)5-13(16,4-10)8-14;1-4-12(8-6-5-7-9-12)14-11(13)10(2)3;1-5(2)7(9)12-6-3-4-11-8(6)10/h11-14H,2,4-9H2,1,3H3;10-14H,1,3-8H2,2H3;7-9,11-12H,1,3-5H2,2H3;10-11,16H,1,3-8H2,2H3;2,4-9H2,1,3H3;6H,1,3-4H2,2H3. The summed E-state index contributed by atoms with van der Waals surface area (Å²) in [6, 6.07) is 0. The molecule has 0 aromatic heterocycles. The molecule has 14 bridgehead atoms. The maximum absolute atomic E-state index is 12.0. The van der Waals surface area contributed by atoms with E-state index >= 15 is 0 Å². The minimum Gasteiger partial charge on any atom is -0.463 e. The maximum Gasteiger partial charge on any atom is 0.347 e. The third kappa shape index (κ3) is 18.5. The van der Waals surface area contributed by atoms with Gasteiger partial charge in [-0.2, -0.15) is 0 Å². The van der Waals surface area contributed by atoms with Crippen molar-refractivity contribution in [2.45, 2.75) is 269 Å². The van der Waals surface area contributed by atoms with E-state index in [4.69, 9.17) is 42.6 Å². The second-order valence-corrected chi connectivity index (χ2v) is 32.3. The van der Waals surface area contributed by atoms with Gasteiger partial charge < -0.3 is 52.5 Å². The Morgan fingerprint density at radius 3 is 1.47 bits per heavy atom. The first kappa shape index (κ1) is 76.8. The first-order valence-corrected chi connectivity index (χ1v) is 36.8. The van der Waals surface area contributed by atoms with Crippen molar-refractivity contribution in [3.8, 4) is 0 Å². The summed E-state index contributed by atoms with van der Waals surface area (Å²) >= 11 is 0. The molecule has 15 aliphatic carbocycles. The lowest BCUT2D eigenvalue weighted by atomic mass is 9.49. The van der Waals surface area contributed by atoms with Crippen LogP contribution in [0.4, 0.5) is 0 Å². The second kappa shape index (κ2) is 32.3. The Morgan fingerprint density at radius 2 is 0.990 bits per heavy atom. The van der Waals surface area contributed by atoms with Gasteiger partial charge in [0.2, 0.25) is 6.10 Å². The van der Waals surface area contributed by atoms with Gasteiger partial charge in [-0.05, 0) is 248 Å². The zero-order chi connectivity index (χ0) is 72.1. The zero-order valence-electron chi connectivity index (χ0n) is 60.3. The lowest BCUT2D eigenvalue weighted by molar-refractivity contribution is -0.217. The topological polar surface area (TPSA) is 266 Å². The average Bonchev–Trinajstić information content (AvgIpc) is 0.888. The molecule has 20 nitrogen and oxygen atoms in total. The Morgan fingerprint density at radius 1 is 0.505 bits per heavy atom. The SMILES string of the molecule is C=C(C)C(=O)OC1(CC)C2CC3CC(C2)CC1C3.C=C(C)C(=O)OC1(CC)CCCCC1.C=C(C)C(=O)OC12CC3CC(CC(O)(C3)C1)C2.C=C(C)C(=O)OC1CCOC1=O.C=C(C)C(=O)OCC(=O)OC1C2CC3C(=O)OC1C3C2.C=C(C)C(=O)OCOC1C2CC3CC(C2)CC1C3. The van der Waals surface area contributed by atoms with Gasteiger partial charge in [0.15, 0.2) is 13.4 Å². The first-order chi connectivity index (χ1) is 46.7. The summed E-state index contributed by atoms with van der Waals surface area (Å²) in [4.78, 5) is 103. The number of aliphatic hydroxyl groups is 1. The van der Waals surface area contributed by atoms with Crippen LogP contribution in [0.25, 0.3) is 0 Å². The predicted octanol–water partition coefficient (Wildman–Crippen LogP) is 13.0. The van der Waals surface area contributed by atoms with Crippen molar-refractivity contribution in [2.75, 3.05) is 20.0 Å². The van der Waals surface area contributed by atoms with Crippen molar-refractivity contribution in [1.29, 1.82) is 0 Å². The van der Waals surface area contributed by atoms with Crippen molar-refractivity contribution in [1.82, 2.24) is 0 Å². The third-order valence-electron chi connectivity index (χ3n) is 24.2. The smallest absolute Gasteiger partial charge is 0.347 e. The molecule has 2 heterocycles. The second-order valence-electron chi connectivity index (χ2n) is 32.3. The lowest BCUT2D eigenvalue weighted by Gasteiger charge is -2.60. The van der Waals surface area contributed by atoms with Crippen LogP contribution >= 0.6 is 0 Å².